The Hall–Kier alpha value is -3.41. The van der Waals surface area contributed by atoms with Crippen molar-refractivity contribution in [3.05, 3.63) is 45.9 Å². The fraction of sp³-hybridized carbons (Fsp3) is 0.500. The van der Waals surface area contributed by atoms with Crippen LogP contribution in [0.5, 0.6) is 5.75 Å². The smallest absolute Gasteiger partial charge is 0.255 e. The number of likely N-dealkylation sites (N-methyl/N-ethyl adjacent to an activating group) is 1. The first-order valence-corrected chi connectivity index (χ1v) is 12.4. The van der Waals surface area contributed by atoms with Gasteiger partial charge in [0, 0.05) is 17.5 Å². The molecule has 198 valence electrons. The number of fused-ring (bicyclic) bond motifs is 3. The molecule has 0 bridgehead atoms. The summed E-state index contributed by atoms with van der Waals surface area (Å²) in [5, 5.41) is 51.4. The Bertz CT molecular complexity index is 1260. The molecule has 37 heavy (non-hydrogen) atoms. The number of phenols is 1. The van der Waals surface area contributed by atoms with Crippen LogP contribution in [-0.4, -0.2) is 87.7 Å². The van der Waals surface area contributed by atoms with Crippen LogP contribution in [0.2, 0.25) is 0 Å². The van der Waals surface area contributed by atoms with Gasteiger partial charge in [0.15, 0.2) is 11.4 Å². The summed E-state index contributed by atoms with van der Waals surface area (Å²) in [5.41, 5.74) is 2.75. The largest absolute Gasteiger partial charge is 0.510 e. The van der Waals surface area contributed by atoms with Gasteiger partial charge in [-0.2, -0.15) is 0 Å². The number of phenolic OH excluding ortho intramolecular Hbond substituents is 1. The maximum Gasteiger partial charge on any atom is 0.255 e. The number of hydrogen-bond donors (Lipinski definition) is 7. The lowest BCUT2D eigenvalue weighted by molar-refractivity contribution is -0.148. The number of amides is 1. The van der Waals surface area contributed by atoms with E-state index in [1.54, 1.807) is 26.2 Å². The number of nitrogens with two attached hydrogens (primary N) is 1. The Labute approximate surface area is 213 Å². The van der Waals surface area contributed by atoms with Crippen molar-refractivity contribution in [2.24, 2.45) is 17.6 Å². The molecule has 1 aliphatic heterocycles. The number of nitrogens with one attached hydrogen (secondary N) is 2. The molecule has 1 fully saturated rings. The third kappa shape index (κ3) is 3.64. The van der Waals surface area contributed by atoms with Crippen molar-refractivity contribution in [2.45, 2.75) is 43.4 Å². The van der Waals surface area contributed by atoms with Crippen LogP contribution in [0.4, 0.5) is 5.69 Å². The summed E-state index contributed by atoms with van der Waals surface area (Å²) in [4.78, 5) is 40.7. The van der Waals surface area contributed by atoms with Gasteiger partial charge >= 0.3 is 0 Å². The van der Waals surface area contributed by atoms with Gasteiger partial charge in [-0.1, -0.05) is 6.07 Å². The van der Waals surface area contributed by atoms with Gasteiger partial charge in [0.2, 0.25) is 5.78 Å². The van der Waals surface area contributed by atoms with E-state index in [0.29, 0.717) is 11.3 Å². The van der Waals surface area contributed by atoms with Gasteiger partial charge < -0.3 is 36.8 Å². The molecule has 11 heteroatoms. The number of anilines is 1. The molecule has 4 atom stereocenters. The Kier molecular flexibility index (Phi) is 6.05. The first-order chi connectivity index (χ1) is 17.5. The molecule has 1 amide bonds. The van der Waals surface area contributed by atoms with Gasteiger partial charge in [0.25, 0.3) is 5.91 Å². The van der Waals surface area contributed by atoms with Crippen LogP contribution in [0, 0.1) is 11.8 Å². The zero-order chi connectivity index (χ0) is 26.8. The highest BCUT2D eigenvalue weighted by Gasteiger charge is 2.63. The monoisotopic (exact) mass is 512 g/mol. The number of allylic oxidation sites excluding steroid dienone is 1. The van der Waals surface area contributed by atoms with E-state index in [1.807, 2.05) is 0 Å². The average Bonchev–Trinajstić information content (AvgIpc) is 2.83. The van der Waals surface area contributed by atoms with Gasteiger partial charge in [0.05, 0.1) is 17.3 Å². The van der Waals surface area contributed by atoms with E-state index in [0.717, 1.165) is 25.9 Å². The van der Waals surface area contributed by atoms with Crippen molar-refractivity contribution in [3.63, 3.8) is 0 Å². The number of piperidine rings is 1. The molecule has 4 unspecified atom stereocenters. The van der Waals surface area contributed by atoms with Crippen LogP contribution in [0.25, 0.3) is 0 Å². The number of aliphatic hydroxyl groups is 3. The number of Topliss-reactive ketones (excluding diaryl/α,β-unsaturated/α-hetero) is 2. The fourth-order valence-corrected chi connectivity index (χ4v) is 6.53. The van der Waals surface area contributed by atoms with Crippen molar-refractivity contribution in [2.75, 3.05) is 32.5 Å². The van der Waals surface area contributed by atoms with Crippen LogP contribution < -0.4 is 16.4 Å². The minimum Gasteiger partial charge on any atom is -0.510 e. The first kappa shape index (κ1) is 25.2. The summed E-state index contributed by atoms with van der Waals surface area (Å²) < 4.78 is 0. The highest BCUT2D eigenvalue weighted by Crippen LogP contribution is 2.52. The second-order valence-corrected chi connectivity index (χ2v) is 10.6. The Morgan fingerprint density at radius 2 is 1.84 bits per heavy atom. The van der Waals surface area contributed by atoms with Crippen molar-refractivity contribution in [1.29, 1.82) is 0 Å². The molecule has 4 aliphatic rings. The molecule has 0 spiro atoms. The maximum absolute atomic E-state index is 13.7. The van der Waals surface area contributed by atoms with Crippen LogP contribution in [0.1, 0.15) is 35.2 Å². The first-order valence-electron chi connectivity index (χ1n) is 12.4. The SMILES string of the molecule is CN(C)C1C(O)=C(C(N)=O)C(=O)C2(O)C(O)=C3C(=O)c4c(ccc(NC5CCNCC5)c4O)CC3CC12. The fourth-order valence-electron chi connectivity index (χ4n) is 6.53. The minimum absolute atomic E-state index is 0.0136. The number of aromatic hydroxyl groups is 1. The molecule has 1 aromatic rings. The third-order valence-corrected chi connectivity index (χ3v) is 8.29. The molecule has 8 N–H and O–H groups in total. The van der Waals surface area contributed by atoms with Crippen LogP contribution in [0.3, 0.4) is 0 Å². The van der Waals surface area contributed by atoms with Crippen molar-refractivity contribution in [3.8, 4) is 5.75 Å². The third-order valence-electron chi connectivity index (χ3n) is 8.29. The molecule has 0 aromatic heterocycles. The molecule has 1 saturated heterocycles. The summed E-state index contributed by atoms with van der Waals surface area (Å²) in [5.74, 6) is -6.46. The average molecular weight is 513 g/mol. The number of benzene rings is 1. The van der Waals surface area contributed by atoms with E-state index in [9.17, 15) is 34.8 Å². The van der Waals surface area contributed by atoms with Gasteiger partial charge in [0.1, 0.15) is 22.8 Å². The lowest BCUT2D eigenvalue weighted by Gasteiger charge is -2.50. The second kappa shape index (κ2) is 8.86. The van der Waals surface area contributed by atoms with E-state index in [-0.39, 0.29) is 35.8 Å². The topological polar surface area (TPSA) is 185 Å². The van der Waals surface area contributed by atoms with E-state index >= 15 is 0 Å². The number of ketones is 2. The lowest BCUT2D eigenvalue weighted by atomic mass is 9.58. The molecular formula is C26H32N4O7. The van der Waals surface area contributed by atoms with Crippen LogP contribution in [-0.2, 0) is 16.0 Å². The minimum atomic E-state index is -2.63. The summed E-state index contributed by atoms with van der Waals surface area (Å²) in [7, 11) is 3.20. The van der Waals surface area contributed by atoms with Crippen LogP contribution >= 0.6 is 0 Å². The van der Waals surface area contributed by atoms with Gasteiger partial charge in [-0.25, -0.2) is 0 Å². The second-order valence-electron chi connectivity index (χ2n) is 10.6. The summed E-state index contributed by atoms with van der Waals surface area (Å²) in [6.45, 7) is 1.67. The molecule has 5 rings (SSSR count). The number of hydrogen-bond acceptors (Lipinski definition) is 10. The summed E-state index contributed by atoms with van der Waals surface area (Å²) in [6, 6.07) is 2.62. The van der Waals surface area contributed by atoms with Gasteiger partial charge in [-0.15, -0.1) is 0 Å². The quantitative estimate of drug-likeness (QED) is 0.218. The standard InChI is InChI=1S/C26H32N4O7/c1-30(2)19-14-10-12-9-11-3-4-15(29-13-5-7-28-8-6-13)20(31)16(11)21(32)17(12)23(34)26(14,37)24(35)18(22(19)33)25(27)36/h3-4,12-14,19,28-29,31,33-34,37H,5-10H2,1-2H3,(H2,27,36). The Morgan fingerprint density at radius 3 is 2.46 bits per heavy atom. The highest BCUT2D eigenvalue weighted by molar-refractivity contribution is 6.24. The molecular weight excluding hydrogens is 480 g/mol. The Balaban J connectivity index is 1.60. The van der Waals surface area contributed by atoms with E-state index in [4.69, 9.17) is 5.73 Å². The molecule has 1 aromatic carbocycles. The highest BCUT2D eigenvalue weighted by atomic mass is 16.3. The number of nitrogens with zero attached hydrogens (tertiary/aromatic N) is 1. The zero-order valence-electron chi connectivity index (χ0n) is 20.7. The molecule has 1 heterocycles. The van der Waals surface area contributed by atoms with E-state index in [2.05, 4.69) is 10.6 Å². The molecule has 11 nitrogen and oxygen atoms in total. The van der Waals surface area contributed by atoms with Crippen molar-refractivity contribution >= 4 is 23.2 Å². The molecule has 3 aliphatic carbocycles. The van der Waals surface area contributed by atoms with Gasteiger partial charge in [-0.3, -0.25) is 19.3 Å². The van der Waals surface area contributed by atoms with Crippen molar-refractivity contribution in [1.82, 2.24) is 10.2 Å². The maximum atomic E-state index is 13.7. The van der Waals surface area contributed by atoms with E-state index in [1.165, 1.54) is 4.90 Å². The molecule has 0 saturated carbocycles. The van der Waals surface area contributed by atoms with Gasteiger partial charge in [-0.05, 0) is 70.4 Å². The number of primary amides is 1. The predicted molar refractivity (Wildman–Crippen MR) is 133 cm³/mol. The number of aliphatic hydroxyl groups excluding tert-OH is 2. The summed E-state index contributed by atoms with van der Waals surface area (Å²) in [6.07, 6.45) is 2.05. The number of rotatable bonds is 4. The predicted octanol–water partition coefficient (Wildman–Crippen LogP) is 0.285. The number of carbonyl (C=O) groups is 3. The van der Waals surface area contributed by atoms with Crippen molar-refractivity contribution < 1.29 is 34.8 Å². The summed E-state index contributed by atoms with van der Waals surface area (Å²) >= 11 is 0. The normalized spacial score (nSPS) is 30.2. The zero-order valence-corrected chi connectivity index (χ0v) is 20.7. The Morgan fingerprint density at radius 1 is 1.16 bits per heavy atom. The van der Waals surface area contributed by atoms with E-state index < -0.39 is 58.0 Å². The van der Waals surface area contributed by atoms with Crippen LogP contribution in [0.15, 0.2) is 34.8 Å². The molecule has 0 radical (unpaired) electrons. The lowest BCUT2D eigenvalue weighted by Crippen LogP contribution is -2.63. The number of carbonyl (C=O) groups excluding carboxylic acids is 3.